The normalized spacial score (nSPS) is 11.2. The lowest BCUT2D eigenvalue weighted by molar-refractivity contribution is -0.132. The number of halogens is 1. The Morgan fingerprint density at radius 1 is 1.17 bits per heavy atom. The molecule has 0 aliphatic rings. The van der Waals surface area contributed by atoms with Gasteiger partial charge >= 0.3 is 0 Å². The lowest BCUT2D eigenvalue weighted by Gasteiger charge is -2.26. The Balaban J connectivity index is 1.77. The Kier molecular flexibility index (Phi) is 4.60. The minimum absolute atomic E-state index is 0.0118. The predicted octanol–water partition coefficient (Wildman–Crippen LogP) is 3.45. The Morgan fingerprint density at radius 3 is 2.62 bits per heavy atom. The van der Waals surface area contributed by atoms with Gasteiger partial charge in [0, 0.05) is 25.0 Å². The van der Waals surface area contributed by atoms with Crippen LogP contribution in [0.4, 0.5) is 4.39 Å². The van der Waals surface area contributed by atoms with Crippen molar-refractivity contribution in [2.24, 2.45) is 0 Å². The van der Waals surface area contributed by atoms with Crippen molar-refractivity contribution in [3.63, 3.8) is 0 Å². The van der Waals surface area contributed by atoms with Crippen LogP contribution in [0, 0.1) is 5.82 Å². The molecule has 0 aliphatic carbocycles. The number of hydrogen-bond donors (Lipinski definition) is 0. The first-order valence-electron chi connectivity index (χ1n) is 7.99. The molecule has 1 aromatic carbocycles. The molecule has 0 unspecified atom stereocenters. The van der Waals surface area contributed by atoms with Gasteiger partial charge in [-0.15, -0.1) is 0 Å². The largest absolute Gasteiger partial charge is 0.336 e. The maximum absolute atomic E-state index is 13.3. The molecule has 2 heterocycles. The fourth-order valence-corrected chi connectivity index (χ4v) is 2.70. The highest BCUT2D eigenvalue weighted by atomic mass is 19.1. The van der Waals surface area contributed by atoms with Crippen molar-refractivity contribution in [1.82, 2.24) is 14.3 Å². The summed E-state index contributed by atoms with van der Waals surface area (Å²) in [5.41, 5.74) is 2.37. The third kappa shape index (κ3) is 3.62. The molecule has 3 aromatic rings. The Hall–Kier alpha value is -2.69. The Morgan fingerprint density at radius 2 is 1.92 bits per heavy atom. The number of hydrogen-bond acceptors (Lipinski definition) is 2. The summed E-state index contributed by atoms with van der Waals surface area (Å²) in [6.07, 6.45) is 3.27. The van der Waals surface area contributed by atoms with E-state index in [0.717, 1.165) is 5.56 Å². The first-order chi connectivity index (χ1) is 11.5. The SMILES string of the molecule is CC(C)N(Cc1ccccc1)C(=O)Cc1cn2cc(F)ccc2n1. The zero-order valence-corrected chi connectivity index (χ0v) is 13.8. The number of aromatic nitrogens is 2. The highest BCUT2D eigenvalue weighted by Crippen LogP contribution is 2.13. The molecule has 0 radical (unpaired) electrons. The van der Waals surface area contributed by atoms with Gasteiger partial charge in [0.25, 0.3) is 0 Å². The van der Waals surface area contributed by atoms with E-state index in [9.17, 15) is 9.18 Å². The predicted molar refractivity (Wildman–Crippen MR) is 91.0 cm³/mol. The molecular formula is C19H20FN3O. The number of carbonyl (C=O) groups excluding carboxylic acids is 1. The van der Waals surface area contributed by atoms with Gasteiger partial charge in [-0.3, -0.25) is 4.79 Å². The standard InChI is InChI=1S/C19H20FN3O/c1-14(2)23(11-15-6-4-3-5-7-15)19(24)10-17-13-22-12-16(20)8-9-18(22)21-17/h3-9,12-14H,10-11H2,1-2H3. The molecule has 0 saturated carbocycles. The minimum atomic E-state index is -0.328. The zero-order chi connectivity index (χ0) is 17.1. The van der Waals surface area contributed by atoms with Crippen molar-refractivity contribution in [2.45, 2.75) is 32.9 Å². The quantitative estimate of drug-likeness (QED) is 0.720. The van der Waals surface area contributed by atoms with E-state index >= 15 is 0 Å². The smallest absolute Gasteiger partial charge is 0.229 e. The molecule has 0 spiro atoms. The molecule has 3 rings (SSSR count). The van der Waals surface area contributed by atoms with Crippen LogP contribution >= 0.6 is 0 Å². The molecule has 0 N–H and O–H groups in total. The van der Waals surface area contributed by atoms with Gasteiger partial charge in [-0.05, 0) is 31.5 Å². The number of nitrogens with zero attached hydrogens (tertiary/aromatic N) is 3. The number of benzene rings is 1. The van der Waals surface area contributed by atoms with Crippen LogP contribution in [0.3, 0.4) is 0 Å². The van der Waals surface area contributed by atoms with Crippen LogP contribution in [0.1, 0.15) is 25.1 Å². The van der Waals surface area contributed by atoms with Gasteiger partial charge in [0.15, 0.2) is 0 Å². The summed E-state index contributed by atoms with van der Waals surface area (Å²) in [7, 11) is 0. The van der Waals surface area contributed by atoms with Gasteiger partial charge in [-0.25, -0.2) is 9.37 Å². The molecule has 1 amide bonds. The third-order valence-electron chi connectivity index (χ3n) is 3.94. The van der Waals surface area contributed by atoms with Gasteiger partial charge in [0.2, 0.25) is 5.91 Å². The lowest BCUT2D eigenvalue weighted by atomic mass is 10.1. The summed E-state index contributed by atoms with van der Waals surface area (Å²) in [6, 6.07) is 13.0. The second kappa shape index (κ2) is 6.83. The highest BCUT2D eigenvalue weighted by molar-refractivity contribution is 5.78. The molecule has 0 saturated heterocycles. The number of imidazole rings is 1. The fraction of sp³-hybridized carbons (Fsp3) is 0.263. The van der Waals surface area contributed by atoms with Crippen LogP contribution in [-0.2, 0) is 17.8 Å². The number of rotatable bonds is 5. The van der Waals surface area contributed by atoms with E-state index in [0.29, 0.717) is 17.9 Å². The number of amides is 1. The van der Waals surface area contributed by atoms with Crippen molar-refractivity contribution in [1.29, 1.82) is 0 Å². The summed E-state index contributed by atoms with van der Waals surface area (Å²) in [5.74, 6) is -0.316. The molecule has 24 heavy (non-hydrogen) atoms. The van der Waals surface area contributed by atoms with Crippen molar-refractivity contribution < 1.29 is 9.18 Å². The number of fused-ring (bicyclic) bond motifs is 1. The van der Waals surface area contributed by atoms with Gasteiger partial charge in [-0.1, -0.05) is 30.3 Å². The summed E-state index contributed by atoms with van der Waals surface area (Å²) in [4.78, 5) is 18.9. The van der Waals surface area contributed by atoms with Crippen molar-refractivity contribution in [3.8, 4) is 0 Å². The summed E-state index contributed by atoms with van der Waals surface area (Å²) < 4.78 is 14.9. The molecule has 0 aliphatic heterocycles. The zero-order valence-electron chi connectivity index (χ0n) is 13.8. The van der Waals surface area contributed by atoms with Crippen LogP contribution in [-0.4, -0.2) is 26.2 Å². The van der Waals surface area contributed by atoms with Gasteiger partial charge in [-0.2, -0.15) is 0 Å². The number of pyridine rings is 1. The van der Waals surface area contributed by atoms with Gasteiger partial charge in [0.1, 0.15) is 11.5 Å². The summed E-state index contributed by atoms with van der Waals surface area (Å²) in [6.45, 7) is 4.57. The van der Waals surface area contributed by atoms with Crippen LogP contribution in [0.2, 0.25) is 0 Å². The molecule has 2 aromatic heterocycles. The molecular weight excluding hydrogens is 305 g/mol. The molecule has 5 heteroatoms. The van der Waals surface area contributed by atoms with E-state index in [1.807, 2.05) is 49.1 Å². The first-order valence-corrected chi connectivity index (χ1v) is 7.99. The molecule has 0 fully saturated rings. The van der Waals surface area contributed by atoms with E-state index in [1.54, 1.807) is 16.7 Å². The van der Waals surface area contributed by atoms with Crippen LogP contribution in [0.5, 0.6) is 0 Å². The van der Waals surface area contributed by atoms with Crippen molar-refractivity contribution in [3.05, 3.63) is 71.9 Å². The maximum atomic E-state index is 13.3. The van der Waals surface area contributed by atoms with Crippen LogP contribution in [0.25, 0.3) is 5.65 Å². The van der Waals surface area contributed by atoms with Crippen LogP contribution in [0.15, 0.2) is 54.9 Å². The summed E-state index contributed by atoms with van der Waals surface area (Å²) >= 11 is 0. The van der Waals surface area contributed by atoms with Gasteiger partial charge in [0.05, 0.1) is 12.1 Å². The molecule has 0 atom stereocenters. The monoisotopic (exact) mass is 325 g/mol. The van der Waals surface area contributed by atoms with E-state index in [-0.39, 0.29) is 24.2 Å². The first kappa shape index (κ1) is 16.2. The highest BCUT2D eigenvalue weighted by Gasteiger charge is 2.19. The van der Waals surface area contributed by atoms with E-state index < -0.39 is 0 Å². The lowest BCUT2D eigenvalue weighted by Crippen LogP contribution is -2.37. The second-order valence-corrected chi connectivity index (χ2v) is 6.12. The summed E-state index contributed by atoms with van der Waals surface area (Å²) in [5, 5.41) is 0. The average molecular weight is 325 g/mol. The average Bonchev–Trinajstić information content (AvgIpc) is 2.94. The molecule has 4 nitrogen and oxygen atoms in total. The molecule has 0 bridgehead atoms. The second-order valence-electron chi connectivity index (χ2n) is 6.12. The van der Waals surface area contributed by atoms with Crippen molar-refractivity contribution >= 4 is 11.6 Å². The minimum Gasteiger partial charge on any atom is -0.336 e. The van der Waals surface area contributed by atoms with Gasteiger partial charge < -0.3 is 9.30 Å². The number of carbonyl (C=O) groups is 1. The fourth-order valence-electron chi connectivity index (χ4n) is 2.70. The van der Waals surface area contributed by atoms with E-state index in [2.05, 4.69) is 4.98 Å². The Bertz CT molecular complexity index is 842. The Labute approximate surface area is 140 Å². The van der Waals surface area contributed by atoms with E-state index in [4.69, 9.17) is 0 Å². The topological polar surface area (TPSA) is 37.6 Å². The third-order valence-corrected chi connectivity index (χ3v) is 3.94. The van der Waals surface area contributed by atoms with Crippen molar-refractivity contribution in [2.75, 3.05) is 0 Å². The van der Waals surface area contributed by atoms with Crippen LogP contribution < -0.4 is 0 Å². The van der Waals surface area contributed by atoms with E-state index in [1.165, 1.54) is 12.3 Å². The molecule has 124 valence electrons. The maximum Gasteiger partial charge on any atom is 0.229 e.